The Bertz CT molecular complexity index is 648. The number of tetrazole rings is 1. The minimum absolute atomic E-state index is 0.0746. The van der Waals surface area contributed by atoms with Gasteiger partial charge in [-0.15, -0.1) is 5.10 Å². The molecule has 3 fully saturated rings. The smallest absolute Gasteiger partial charge is 0.317 e. The summed E-state index contributed by atoms with van der Waals surface area (Å²) in [4.78, 5) is 17.0. The summed E-state index contributed by atoms with van der Waals surface area (Å²) in [6, 6.07) is 0.812. The van der Waals surface area contributed by atoms with E-state index in [2.05, 4.69) is 44.5 Å². The molecule has 2 heterocycles. The molecule has 2 saturated carbocycles. The van der Waals surface area contributed by atoms with Gasteiger partial charge in [0.15, 0.2) is 5.82 Å². The van der Waals surface area contributed by atoms with Crippen LogP contribution in [0.3, 0.4) is 0 Å². The lowest BCUT2D eigenvalue weighted by Gasteiger charge is -2.35. The number of aromatic nitrogens is 4. The monoisotopic (exact) mass is 375 g/mol. The van der Waals surface area contributed by atoms with Crippen LogP contribution in [0.1, 0.15) is 76.1 Å². The van der Waals surface area contributed by atoms with Crippen molar-refractivity contribution in [2.45, 2.75) is 81.8 Å². The van der Waals surface area contributed by atoms with Crippen molar-refractivity contribution in [1.82, 2.24) is 35.3 Å². The van der Waals surface area contributed by atoms with Crippen LogP contribution in [0.4, 0.5) is 4.79 Å². The molecule has 0 bridgehead atoms. The molecule has 1 aromatic heterocycles. The number of likely N-dealkylation sites (tertiary alicyclic amines) is 1. The van der Waals surface area contributed by atoms with E-state index in [4.69, 9.17) is 0 Å². The van der Waals surface area contributed by atoms with E-state index >= 15 is 0 Å². The standard InChI is InChI=1S/C19H33N7O/c1-24(2)19(17-21-22-23-26(17)16-10-6-7-11-16)12-13-25(14-19)18(27)20-15-8-4-3-5-9-15/h15-16H,3-14H2,1-2H3,(H,20,27). The minimum Gasteiger partial charge on any atom is -0.335 e. The predicted molar refractivity (Wildman–Crippen MR) is 102 cm³/mol. The molecular weight excluding hydrogens is 342 g/mol. The molecule has 0 aromatic carbocycles. The van der Waals surface area contributed by atoms with Gasteiger partial charge in [-0.1, -0.05) is 32.1 Å². The van der Waals surface area contributed by atoms with Crippen molar-refractivity contribution < 1.29 is 4.79 Å². The molecular formula is C19H33N7O. The second kappa shape index (κ2) is 7.73. The van der Waals surface area contributed by atoms with Crippen molar-refractivity contribution in [1.29, 1.82) is 0 Å². The normalized spacial score (nSPS) is 27.6. The number of nitrogens with one attached hydrogen (secondary N) is 1. The van der Waals surface area contributed by atoms with Crippen LogP contribution < -0.4 is 5.32 Å². The lowest BCUT2D eigenvalue weighted by atomic mass is 9.95. The second-order valence-corrected chi connectivity index (χ2v) is 8.77. The van der Waals surface area contributed by atoms with E-state index in [9.17, 15) is 4.79 Å². The fourth-order valence-corrected chi connectivity index (χ4v) is 5.12. The zero-order valence-corrected chi connectivity index (χ0v) is 16.7. The Labute approximate surface area is 161 Å². The third kappa shape index (κ3) is 3.56. The summed E-state index contributed by atoms with van der Waals surface area (Å²) < 4.78 is 2.05. The SMILES string of the molecule is CN(C)C1(c2nnnn2C2CCCC2)CCN(C(=O)NC2CCCCC2)C1. The summed E-state index contributed by atoms with van der Waals surface area (Å²) in [5.74, 6) is 0.923. The fraction of sp³-hybridized carbons (Fsp3) is 0.895. The Hall–Kier alpha value is -1.70. The van der Waals surface area contributed by atoms with Crippen molar-refractivity contribution in [3.05, 3.63) is 5.82 Å². The van der Waals surface area contributed by atoms with Crippen LogP contribution >= 0.6 is 0 Å². The molecule has 1 aromatic rings. The average Bonchev–Trinajstić information content (AvgIpc) is 3.41. The Morgan fingerprint density at radius 1 is 1.11 bits per heavy atom. The average molecular weight is 376 g/mol. The number of amides is 2. The molecule has 1 atom stereocenters. The lowest BCUT2D eigenvalue weighted by molar-refractivity contribution is 0.134. The molecule has 8 heteroatoms. The van der Waals surface area contributed by atoms with E-state index in [0.717, 1.165) is 44.5 Å². The van der Waals surface area contributed by atoms with E-state index in [1.807, 2.05) is 4.90 Å². The van der Waals surface area contributed by atoms with Crippen molar-refractivity contribution in [2.24, 2.45) is 0 Å². The van der Waals surface area contributed by atoms with Crippen LogP contribution in [0.5, 0.6) is 0 Å². The van der Waals surface area contributed by atoms with Gasteiger partial charge < -0.3 is 10.2 Å². The number of carbonyl (C=O) groups excluding carboxylic acids is 1. The summed E-state index contributed by atoms with van der Waals surface area (Å²) in [5, 5.41) is 16.1. The number of carbonyl (C=O) groups is 1. The zero-order valence-electron chi connectivity index (χ0n) is 16.7. The molecule has 3 aliphatic rings. The maximum Gasteiger partial charge on any atom is 0.317 e. The van der Waals surface area contributed by atoms with Gasteiger partial charge >= 0.3 is 6.03 Å². The number of hydrogen-bond acceptors (Lipinski definition) is 5. The van der Waals surface area contributed by atoms with E-state index in [0.29, 0.717) is 18.6 Å². The molecule has 27 heavy (non-hydrogen) atoms. The van der Waals surface area contributed by atoms with Gasteiger partial charge in [0.2, 0.25) is 0 Å². The molecule has 2 aliphatic carbocycles. The van der Waals surface area contributed by atoms with Crippen LogP contribution in [0.2, 0.25) is 0 Å². The molecule has 4 rings (SSSR count). The second-order valence-electron chi connectivity index (χ2n) is 8.77. The van der Waals surface area contributed by atoms with Gasteiger partial charge in [-0.3, -0.25) is 4.90 Å². The first kappa shape index (κ1) is 18.7. The van der Waals surface area contributed by atoms with Gasteiger partial charge in [-0.25, -0.2) is 9.48 Å². The van der Waals surface area contributed by atoms with Crippen molar-refractivity contribution in [3.63, 3.8) is 0 Å². The lowest BCUT2D eigenvalue weighted by Crippen LogP contribution is -2.49. The molecule has 0 radical (unpaired) electrons. The van der Waals surface area contributed by atoms with Crippen LogP contribution in [0.15, 0.2) is 0 Å². The van der Waals surface area contributed by atoms with Crippen molar-refractivity contribution in [3.8, 4) is 0 Å². The number of hydrogen-bond donors (Lipinski definition) is 1. The number of urea groups is 1. The first-order valence-electron chi connectivity index (χ1n) is 10.6. The Morgan fingerprint density at radius 3 is 2.52 bits per heavy atom. The van der Waals surface area contributed by atoms with E-state index in [1.54, 1.807) is 0 Å². The van der Waals surface area contributed by atoms with Gasteiger partial charge in [0.1, 0.15) is 5.54 Å². The number of rotatable bonds is 4. The molecule has 1 unspecified atom stereocenters. The molecule has 1 N–H and O–H groups in total. The predicted octanol–water partition coefficient (Wildman–Crippen LogP) is 2.29. The largest absolute Gasteiger partial charge is 0.335 e. The molecule has 1 aliphatic heterocycles. The van der Waals surface area contributed by atoms with Gasteiger partial charge in [0.05, 0.1) is 6.04 Å². The number of likely N-dealkylation sites (N-methyl/N-ethyl adjacent to an activating group) is 1. The first-order chi connectivity index (χ1) is 13.1. The molecule has 1 saturated heterocycles. The quantitative estimate of drug-likeness (QED) is 0.873. The zero-order chi connectivity index (χ0) is 18.9. The van der Waals surface area contributed by atoms with E-state index < -0.39 is 0 Å². The van der Waals surface area contributed by atoms with Gasteiger partial charge in [0, 0.05) is 19.1 Å². The molecule has 0 spiro atoms. The van der Waals surface area contributed by atoms with Crippen LogP contribution in [0.25, 0.3) is 0 Å². The summed E-state index contributed by atoms with van der Waals surface area (Å²) in [6.07, 6.45) is 11.6. The van der Waals surface area contributed by atoms with Gasteiger partial charge in [0.25, 0.3) is 0 Å². The third-order valence-electron chi connectivity index (χ3n) is 6.90. The molecule has 8 nitrogen and oxygen atoms in total. The van der Waals surface area contributed by atoms with Crippen LogP contribution in [-0.2, 0) is 5.54 Å². The third-order valence-corrected chi connectivity index (χ3v) is 6.90. The number of nitrogens with zero attached hydrogens (tertiary/aromatic N) is 6. The Morgan fingerprint density at radius 2 is 1.81 bits per heavy atom. The maximum atomic E-state index is 12.9. The maximum absolute atomic E-state index is 12.9. The van der Waals surface area contributed by atoms with Gasteiger partial charge in [-0.05, 0) is 56.6 Å². The highest BCUT2D eigenvalue weighted by atomic mass is 16.2. The Kier molecular flexibility index (Phi) is 5.34. The van der Waals surface area contributed by atoms with Crippen molar-refractivity contribution in [2.75, 3.05) is 27.2 Å². The van der Waals surface area contributed by atoms with E-state index in [-0.39, 0.29) is 11.6 Å². The summed E-state index contributed by atoms with van der Waals surface area (Å²) in [5.41, 5.74) is -0.310. The highest BCUT2D eigenvalue weighted by molar-refractivity contribution is 5.75. The van der Waals surface area contributed by atoms with Crippen LogP contribution in [0, 0.1) is 0 Å². The molecule has 150 valence electrons. The minimum atomic E-state index is -0.310. The first-order valence-corrected chi connectivity index (χ1v) is 10.6. The van der Waals surface area contributed by atoms with Crippen molar-refractivity contribution >= 4 is 6.03 Å². The highest BCUT2D eigenvalue weighted by Crippen LogP contribution is 2.38. The van der Waals surface area contributed by atoms with E-state index in [1.165, 1.54) is 32.1 Å². The summed E-state index contributed by atoms with van der Waals surface area (Å²) >= 11 is 0. The van der Waals surface area contributed by atoms with Crippen LogP contribution in [-0.4, -0.2) is 69.3 Å². The highest BCUT2D eigenvalue weighted by Gasteiger charge is 2.48. The van der Waals surface area contributed by atoms with Gasteiger partial charge in [-0.2, -0.15) is 0 Å². The summed E-state index contributed by atoms with van der Waals surface area (Å²) in [7, 11) is 4.16. The fourth-order valence-electron chi connectivity index (χ4n) is 5.12. The summed E-state index contributed by atoms with van der Waals surface area (Å²) in [6.45, 7) is 1.39. The Balaban J connectivity index is 1.50. The topological polar surface area (TPSA) is 79.2 Å². The molecule has 2 amide bonds.